The maximum atomic E-state index is 13.0. The number of carbonyl (C=O) groups excluding carboxylic acids is 1. The molecular weight excluding hydrogens is 468 g/mol. The third kappa shape index (κ3) is 5.25. The van der Waals surface area contributed by atoms with Crippen LogP contribution in [0.15, 0.2) is 47.6 Å². The number of sulfonamides is 1. The maximum absolute atomic E-state index is 13.0. The molecule has 1 amide bonds. The van der Waals surface area contributed by atoms with Crippen LogP contribution < -0.4 is 4.74 Å². The number of hydrogen-bond donors (Lipinski definition) is 0. The predicted octanol–water partition coefficient (Wildman–Crippen LogP) is 2.41. The van der Waals surface area contributed by atoms with Crippen molar-refractivity contribution in [2.24, 2.45) is 7.05 Å². The van der Waals surface area contributed by atoms with Gasteiger partial charge in [-0.15, -0.1) is 0 Å². The Labute approximate surface area is 206 Å². The molecule has 4 rings (SSSR count). The number of aryl methyl sites for hydroxylation is 1. The van der Waals surface area contributed by atoms with Crippen molar-refractivity contribution >= 4 is 15.9 Å². The first-order valence-electron chi connectivity index (χ1n) is 11.5. The summed E-state index contributed by atoms with van der Waals surface area (Å²) >= 11 is 0. The zero-order valence-electron chi connectivity index (χ0n) is 20.8. The second kappa shape index (κ2) is 9.46. The van der Waals surface area contributed by atoms with Gasteiger partial charge in [-0.25, -0.2) is 13.1 Å². The average Bonchev–Trinajstić information content (AvgIpc) is 3.44. The SMILES string of the molecule is Cc1c(S(=O)(=O)N2CCN(C(=O)c3ccn(COc4ccc(C(C)(C)C)cc4)n3)CC2)cnn1C. The van der Waals surface area contributed by atoms with Crippen molar-refractivity contribution in [3.63, 3.8) is 0 Å². The first kappa shape index (κ1) is 24.9. The molecule has 10 nitrogen and oxygen atoms in total. The van der Waals surface area contributed by atoms with Crippen LogP contribution in [0.4, 0.5) is 0 Å². The van der Waals surface area contributed by atoms with Crippen molar-refractivity contribution in [1.29, 1.82) is 0 Å². The highest BCUT2D eigenvalue weighted by Crippen LogP contribution is 2.24. The van der Waals surface area contributed by atoms with Crippen LogP contribution in [-0.2, 0) is 29.2 Å². The number of nitrogens with zero attached hydrogens (tertiary/aromatic N) is 6. The summed E-state index contributed by atoms with van der Waals surface area (Å²) in [5.74, 6) is 0.496. The first-order valence-corrected chi connectivity index (χ1v) is 13.0. The third-order valence-electron chi connectivity index (χ3n) is 6.28. The van der Waals surface area contributed by atoms with E-state index in [0.29, 0.717) is 24.5 Å². The zero-order chi connectivity index (χ0) is 25.4. The third-order valence-corrected chi connectivity index (χ3v) is 8.28. The lowest BCUT2D eigenvalue weighted by atomic mass is 9.87. The van der Waals surface area contributed by atoms with Gasteiger partial charge in [-0.05, 0) is 36.1 Å². The van der Waals surface area contributed by atoms with E-state index in [1.54, 1.807) is 35.8 Å². The van der Waals surface area contributed by atoms with Crippen molar-refractivity contribution in [2.75, 3.05) is 26.2 Å². The van der Waals surface area contributed by atoms with E-state index in [2.05, 4.69) is 31.0 Å². The molecule has 3 aromatic rings. The fraction of sp³-hybridized carbons (Fsp3) is 0.458. The lowest BCUT2D eigenvalue weighted by Crippen LogP contribution is -2.50. The molecule has 1 saturated heterocycles. The van der Waals surface area contributed by atoms with E-state index in [1.807, 2.05) is 24.3 Å². The highest BCUT2D eigenvalue weighted by molar-refractivity contribution is 7.89. The zero-order valence-corrected chi connectivity index (χ0v) is 21.6. The number of amides is 1. The molecule has 0 spiro atoms. The Morgan fingerprint density at radius 3 is 2.29 bits per heavy atom. The fourth-order valence-corrected chi connectivity index (χ4v) is 5.51. The molecule has 2 aromatic heterocycles. The standard InChI is InChI=1S/C24H32N6O4S/c1-18-22(16-25-27(18)5)35(32,33)30-14-12-28(13-15-30)23(31)21-10-11-29(26-21)17-34-20-8-6-19(7-9-20)24(2,3)4/h6-11,16H,12-15,17H2,1-5H3. The Hall–Kier alpha value is -3.18. The summed E-state index contributed by atoms with van der Waals surface area (Å²) in [6.07, 6.45) is 3.07. The normalized spacial score (nSPS) is 15.4. The molecule has 0 aliphatic carbocycles. The number of carbonyl (C=O) groups is 1. The van der Waals surface area contributed by atoms with Gasteiger partial charge in [0.05, 0.1) is 11.9 Å². The first-order chi connectivity index (χ1) is 16.5. The largest absolute Gasteiger partial charge is 0.471 e. The monoisotopic (exact) mass is 500 g/mol. The molecule has 0 atom stereocenters. The number of benzene rings is 1. The van der Waals surface area contributed by atoms with E-state index < -0.39 is 10.0 Å². The summed E-state index contributed by atoms with van der Waals surface area (Å²) in [4.78, 5) is 14.8. The van der Waals surface area contributed by atoms with Crippen molar-refractivity contribution in [3.8, 4) is 5.75 Å². The summed E-state index contributed by atoms with van der Waals surface area (Å²) in [5.41, 5.74) is 2.18. The van der Waals surface area contributed by atoms with E-state index in [4.69, 9.17) is 4.74 Å². The predicted molar refractivity (Wildman–Crippen MR) is 131 cm³/mol. The van der Waals surface area contributed by atoms with Gasteiger partial charge < -0.3 is 9.64 Å². The van der Waals surface area contributed by atoms with Crippen LogP contribution >= 0.6 is 0 Å². The Bertz CT molecular complexity index is 1300. The number of piperazine rings is 1. The highest BCUT2D eigenvalue weighted by Gasteiger charge is 2.33. The van der Waals surface area contributed by atoms with Crippen molar-refractivity contribution < 1.29 is 17.9 Å². The Morgan fingerprint density at radius 1 is 1.06 bits per heavy atom. The van der Waals surface area contributed by atoms with Crippen LogP contribution in [0.3, 0.4) is 0 Å². The van der Waals surface area contributed by atoms with Crippen molar-refractivity contribution in [1.82, 2.24) is 28.8 Å². The Kier molecular flexibility index (Phi) is 6.74. The molecule has 188 valence electrons. The quantitative estimate of drug-likeness (QED) is 0.515. The second-order valence-electron chi connectivity index (χ2n) is 9.70. The smallest absolute Gasteiger partial charge is 0.274 e. The van der Waals surface area contributed by atoms with Crippen LogP contribution in [-0.4, -0.2) is 69.3 Å². The van der Waals surface area contributed by atoms with Crippen LogP contribution in [0.2, 0.25) is 0 Å². The van der Waals surface area contributed by atoms with Gasteiger partial charge >= 0.3 is 0 Å². The van der Waals surface area contributed by atoms with Crippen LogP contribution in [0, 0.1) is 6.92 Å². The minimum atomic E-state index is -3.65. The number of ether oxygens (including phenoxy) is 1. The molecule has 0 unspecified atom stereocenters. The second-order valence-corrected chi connectivity index (χ2v) is 11.6. The van der Waals surface area contributed by atoms with Crippen molar-refractivity contribution in [2.45, 2.75) is 44.7 Å². The van der Waals surface area contributed by atoms with Crippen LogP contribution in [0.5, 0.6) is 5.75 Å². The molecule has 0 bridgehead atoms. The molecule has 3 heterocycles. The van der Waals surface area contributed by atoms with Gasteiger partial charge in [0, 0.05) is 39.4 Å². The van der Waals surface area contributed by atoms with Gasteiger partial charge in [-0.3, -0.25) is 9.48 Å². The average molecular weight is 501 g/mol. The molecule has 1 aliphatic heterocycles. The van der Waals surface area contributed by atoms with E-state index in [0.717, 1.165) is 5.75 Å². The number of rotatable bonds is 6. The summed E-state index contributed by atoms with van der Waals surface area (Å²) in [7, 11) is -1.94. The molecule has 1 aromatic carbocycles. The summed E-state index contributed by atoms with van der Waals surface area (Å²) in [6, 6.07) is 9.59. The highest BCUT2D eigenvalue weighted by atomic mass is 32.2. The molecule has 1 fully saturated rings. The minimum Gasteiger partial charge on any atom is -0.471 e. The number of aromatic nitrogens is 4. The lowest BCUT2D eigenvalue weighted by molar-refractivity contribution is 0.0690. The van der Waals surface area contributed by atoms with E-state index in [-0.39, 0.29) is 36.0 Å². The van der Waals surface area contributed by atoms with E-state index >= 15 is 0 Å². The molecule has 11 heteroatoms. The fourth-order valence-electron chi connectivity index (χ4n) is 3.90. The summed E-state index contributed by atoms with van der Waals surface area (Å²) < 4.78 is 36.2. The van der Waals surface area contributed by atoms with E-state index in [9.17, 15) is 13.2 Å². The minimum absolute atomic E-state index is 0.0726. The summed E-state index contributed by atoms with van der Waals surface area (Å²) in [6.45, 7) is 9.40. The molecular formula is C24H32N6O4S. The molecule has 0 N–H and O–H groups in total. The maximum Gasteiger partial charge on any atom is 0.274 e. The van der Waals surface area contributed by atoms with Crippen molar-refractivity contribution in [3.05, 3.63) is 59.7 Å². The van der Waals surface area contributed by atoms with Gasteiger partial charge in [-0.2, -0.15) is 14.5 Å². The van der Waals surface area contributed by atoms with Gasteiger partial charge in [0.25, 0.3) is 5.91 Å². The Morgan fingerprint density at radius 2 is 1.71 bits per heavy atom. The topological polar surface area (TPSA) is 103 Å². The lowest BCUT2D eigenvalue weighted by Gasteiger charge is -2.33. The molecule has 1 aliphatic rings. The molecule has 0 radical (unpaired) electrons. The molecule has 35 heavy (non-hydrogen) atoms. The van der Waals surface area contributed by atoms with Crippen LogP contribution in [0.1, 0.15) is 42.5 Å². The van der Waals surface area contributed by atoms with Crippen LogP contribution in [0.25, 0.3) is 0 Å². The van der Waals surface area contributed by atoms with Gasteiger partial charge in [-0.1, -0.05) is 32.9 Å². The van der Waals surface area contributed by atoms with E-state index in [1.165, 1.54) is 20.7 Å². The Balaban J connectivity index is 1.32. The molecule has 0 saturated carbocycles. The van der Waals surface area contributed by atoms with Gasteiger partial charge in [0.15, 0.2) is 12.4 Å². The van der Waals surface area contributed by atoms with Gasteiger partial charge in [0.2, 0.25) is 10.0 Å². The van der Waals surface area contributed by atoms with Gasteiger partial charge in [0.1, 0.15) is 10.6 Å². The number of hydrogen-bond acceptors (Lipinski definition) is 6. The summed E-state index contributed by atoms with van der Waals surface area (Å²) in [5, 5.41) is 8.38.